The highest BCUT2D eigenvalue weighted by atomic mass is 28.3. The molecule has 3 saturated carbocycles. The molecule has 8 atom stereocenters. The molecular weight excluding hydrogens is 1090 g/mol. The normalized spacial score (nSPS) is 22.7. The monoisotopic (exact) mass is 1170 g/mol. The minimum atomic E-state index is -1.13. The summed E-state index contributed by atoms with van der Waals surface area (Å²) in [6, 6.07) is 9.22. The topological polar surface area (TPSA) is 217 Å². The van der Waals surface area contributed by atoms with Gasteiger partial charge < -0.3 is 35.2 Å². The zero-order valence-electron chi connectivity index (χ0n) is 50.5. The molecule has 0 bridgehead atoms. The highest BCUT2D eigenvalue weighted by Gasteiger charge is 2.55. The number of hydrogen-bond acceptors (Lipinski definition) is 13. The van der Waals surface area contributed by atoms with E-state index in [9.17, 15) is 19.1 Å². The van der Waals surface area contributed by atoms with Crippen molar-refractivity contribution in [2.45, 2.75) is 163 Å². The molecule has 0 spiro atoms. The fraction of sp³-hybridized carbons (Fsp3) is 0.607. The van der Waals surface area contributed by atoms with E-state index in [2.05, 4.69) is 96.0 Å². The number of nitrogens with one attached hydrogen (secondary N) is 2. The van der Waals surface area contributed by atoms with Crippen LogP contribution in [0.2, 0.25) is 51.4 Å². The molecular formula is C61H88FN13O6Si2. The van der Waals surface area contributed by atoms with Crippen LogP contribution in [0.3, 0.4) is 0 Å². The number of ether oxygens (including phenoxy) is 2. The molecule has 0 radical (unpaired) electrons. The van der Waals surface area contributed by atoms with Gasteiger partial charge >= 0.3 is 0 Å². The smallest absolute Gasteiger partial charge is 0.255 e. The molecule has 448 valence electrons. The Bertz CT molecular complexity index is 3220. The van der Waals surface area contributed by atoms with Crippen molar-refractivity contribution in [3.63, 3.8) is 0 Å². The highest BCUT2D eigenvalue weighted by Crippen LogP contribution is 2.57. The van der Waals surface area contributed by atoms with Gasteiger partial charge in [-0.2, -0.15) is 24.8 Å². The summed E-state index contributed by atoms with van der Waals surface area (Å²) in [5.41, 5.74) is 11.1. The summed E-state index contributed by atoms with van der Waals surface area (Å²) in [6.07, 6.45) is 14.4. The van der Waals surface area contributed by atoms with Crippen LogP contribution in [0.25, 0.3) is 0 Å². The van der Waals surface area contributed by atoms with Crippen molar-refractivity contribution >= 4 is 33.8 Å². The average Bonchev–Trinajstić information content (AvgIpc) is 4.25. The molecule has 6 aliphatic rings. The van der Waals surface area contributed by atoms with Crippen LogP contribution in [0.1, 0.15) is 121 Å². The molecule has 22 heteroatoms. The maximum absolute atomic E-state index is 13.2. The number of piperidine rings is 1. The van der Waals surface area contributed by atoms with Crippen LogP contribution in [0.5, 0.6) is 0 Å². The molecule has 4 N–H and O–H groups in total. The number of carbonyl (C=O) groups excluding carboxylic acids is 2. The molecule has 1 aliphatic heterocycles. The number of aryl methyl sites for hydroxylation is 2. The van der Waals surface area contributed by atoms with Gasteiger partial charge in [0.25, 0.3) is 11.8 Å². The van der Waals surface area contributed by atoms with Crippen LogP contribution in [-0.2, 0) is 48.9 Å². The van der Waals surface area contributed by atoms with Crippen LogP contribution in [0.4, 0.5) is 10.2 Å². The molecule has 83 heavy (non-hydrogen) atoms. The molecule has 12 rings (SSSR count). The number of halogens is 1. The van der Waals surface area contributed by atoms with Crippen molar-refractivity contribution in [2.75, 3.05) is 44.4 Å². The Morgan fingerprint density at radius 3 is 1.53 bits per heavy atom. The Kier molecular flexibility index (Phi) is 18.4. The zero-order valence-corrected chi connectivity index (χ0v) is 52.5. The second-order valence-electron chi connectivity index (χ2n) is 26.6. The highest BCUT2D eigenvalue weighted by molar-refractivity contribution is 6.76. The summed E-state index contributed by atoms with van der Waals surface area (Å²) in [5, 5.41) is 42.8. The number of amides is 2. The van der Waals surface area contributed by atoms with Gasteiger partial charge in [0.15, 0.2) is 0 Å². The Morgan fingerprint density at radius 2 is 1.10 bits per heavy atom. The Balaban J connectivity index is 0.000000165. The quantitative estimate of drug-likeness (QED) is 0.0302. The number of aliphatic hydroxyl groups excluding tert-OH is 2. The van der Waals surface area contributed by atoms with Gasteiger partial charge in [-0.1, -0.05) is 57.8 Å². The van der Waals surface area contributed by atoms with Gasteiger partial charge in [0.1, 0.15) is 19.3 Å². The van der Waals surface area contributed by atoms with Gasteiger partial charge in [-0.25, -0.2) is 19.3 Å². The van der Waals surface area contributed by atoms with Gasteiger partial charge in [-0.15, -0.1) is 0 Å². The molecule has 4 fully saturated rings. The number of aliphatic hydroxyl groups is 2. The molecule has 0 aromatic carbocycles. The number of fused-ring (bicyclic) bond motifs is 4. The van der Waals surface area contributed by atoms with Gasteiger partial charge in [0.05, 0.1) is 60.1 Å². The third-order valence-electron chi connectivity index (χ3n) is 18.3. The second-order valence-corrected chi connectivity index (χ2v) is 37.8. The lowest BCUT2D eigenvalue weighted by Gasteiger charge is -2.21. The van der Waals surface area contributed by atoms with Gasteiger partial charge in [0.2, 0.25) is 5.95 Å². The summed E-state index contributed by atoms with van der Waals surface area (Å²) < 4.78 is 32.3. The maximum atomic E-state index is 13.2. The number of nitrogens with zero attached hydrogens (tertiary/aromatic N) is 11. The van der Waals surface area contributed by atoms with Crippen LogP contribution in [0.15, 0.2) is 49.1 Å². The number of hydrogen-bond donors (Lipinski definition) is 4. The van der Waals surface area contributed by atoms with Crippen LogP contribution in [-0.4, -0.2) is 127 Å². The first-order chi connectivity index (χ1) is 39.6. The van der Waals surface area contributed by atoms with Crippen molar-refractivity contribution in [3.05, 3.63) is 123 Å². The first-order valence-electron chi connectivity index (χ1n) is 30.1. The minimum Gasteiger partial charge on any atom is -0.396 e. The largest absolute Gasteiger partial charge is 0.396 e. The van der Waals surface area contributed by atoms with Gasteiger partial charge in [-0.05, 0) is 148 Å². The van der Waals surface area contributed by atoms with E-state index in [1.807, 2.05) is 16.3 Å². The first kappa shape index (κ1) is 60.2. The summed E-state index contributed by atoms with van der Waals surface area (Å²) in [5.74, 6) is 4.51. The molecule has 1 saturated heterocycles. The number of aromatic nitrogens is 10. The summed E-state index contributed by atoms with van der Waals surface area (Å²) in [7, 11) is -2.25. The Morgan fingerprint density at radius 1 is 0.639 bits per heavy atom. The number of carbonyl (C=O) groups is 2. The van der Waals surface area contributed by atoms with E-state index < -0.39 is 22.1 Å². The molecule has 6 aromatic heterocycles. The molecule has 6 aromatic rings. The zero-order chi connectivity index (χ0) is 58.9. The lowest BCUT2D eigenvalue weighted by atomic mass is 10.2. The fourth-order valence-electron chi connectivity index (χ4n) is 12.8. The van der Waals surface area contributed by atoms with Crippen molar-refractivity contribution in [3.8, 4) is 0 Å². The molecule has 19 nitrogen and oxygen atoms in total. The van der Waals surface area contributed by atoms with E-state index in [1.165, 1.54) is 36.5 Å². The van der Waals surface area contributed by atoms with Crippen molar-refractivity contribution in [2.24, 2.45) is 35.5 Å². The van der Waals surface area contributed by atoms with Crippen molar-refractivity contribution in [1.29, 1.82) is 0 Å². The third-order valence-corrected chi connectivity index (χ3v) is 21.7. The molecule has 2 unspecified atom stereocenters. The Hall–Kier alpha value is -5.92. The van der Waals surface area contributed by atoms with Gasteiger partial charge in [0, 0.05) is 90.8 Å². The predicted octanol–water partition coefficient (Wildman–Crippen LogP) is 8.58. The second kappa shape index (κ2) is 25.3. The predicted molar refractivity (Wildman–Crippen MR) is 321 cm³/mol. The molecule has 5 aliphatic carbocycles. The van der Waals surface area contributed by atoms with Crippen molar-refractivity contribution in [1.82, 2.24) is 59.7 Å². The third kappa shape index (κ3) is 14.4. The van der Waals surface area contributed by atoms with Gasteiger partial charge in [-0.3, -0.25) is 19.0 Å². The minimum absolute atomic E-state index is 0.106. The van der Waals surface area contributed by atoms with E-state index in [-0.39, 0.29) is 23.9 Å². The number of pyridine rings is 2. The number of anilines is 1. The molecule has 7 heterocycles. The summed E-state index contributed by atoms with van der Waals surface area (Å²) in [4.78, 5) is 37.1. The van der Waals surface area contributed by atoms with E-state index in [1.54, 1.807) is 47.1 Å². The fourth-order valence-corrected chi connectivity index (χ4v) is 14.3. The lowest BCUT2D eigenvalue weighted by molar-refractivity contribution is 0.0762. The van der Waals surface area contributed by atoms with E-state index in [0.717, 1.165) is 127 Å². The summed E-state index contributed by atoms with van der Waals surface area (Å²) >= 11 is 0. The van der Waals surface area contributed by atoms with E-state index >= 15 is 0 Å². The Labute approximate surface area is 490 Å². The molecule has 2 amide bonds. The summed E-state index contributed by atoms with van der Waals surface area (Å²) in [6.45, 7) is 28.1. The lowest BCUT2D eigenvalue weighted by Crippen LogP contribution is -2.27. The van der Waals surface area contributed by atoms with E-state index in [4.69, 9.17) is 29.8 Å². The van der Waals surface area contributed by atoms with Crippen LogP contribution >= 0.6 is 0 Å². The van der Waals surface area contributed by atoms with Crippen LogP contribution < -0.4 is 15.5 Å². The average molecular weight is 1170 g/mol. The maximum Gasteiger partial charge on any atom is 0.255 e. The SMILES string of the molecule is Cc1nc(F)ccc1Cn1cc(C(=O)N[C@@H]2CCc3c2nn(COCC[Si](C)(C)C)c3C)cn1.Cc1nc(N2C[C@@H]3C(CO)[C@@H]3C2)ccc1Cn1cc(C(=O)N[C@@H]2CCc3c2nn(COCC[Si](C)(C)C)c3C)cn1.OCC1[C@H]2CCC[C@@H]12. The van der Waals surface area contributed by atoms with Crippen molar-refractivity contribution < 1.29 is 33.7 Å². The standard InChI is InChI=1S/C30H43N7O3Si.C24H33FN6O2Si.C7H12O/c1-19-21(6-9-28(32-19)35-15-24-25(16-35)26(24)17-38)13-36-14-22(12-31-36)30(39)33-27-8-7-23-20(2)37(34-29(23)27)18-40-10-11-41(3,4)5;1-16-18(6-9-22(25)27-16)13-30-14-19(12-26-30)24(32)28-21-8-7-20-17(2)31(29-23(20)21)15-33-10-11-34(3,4)5;8-4-7-5-2-1-3-6(5)7/h6,9,12,14,24-27,38H,7-8,10-11,13,15-18H2,1-5H3,(H,33,39);6,9,12,14,21H,7-8,10-11,13,15H2,1-5H3,(H,28,32);5-8H,1-4H2/t24-,25+,26?,27-;21-;5-,6+,7?/m11./s1. The van der Waals surface area contributed by atoms with Crippen LogP contribution in [0, 0.1) is 69.2 Å². The first-order valence-corrected chi connectivity index (χ1v) is 37.6. The number of rotatable bonds is 21. The van der Waals surface area contributed by atoms with E-state index in [0.29, 0.717) is 74.3 Å².